The molecule has 1 fully saturated rings. The van der Waals surface area contributed by atoms with Crippen LogP contribution in [0.1, 0.15) is 38.9 Å². The second-order valence-corrected chi connectivity index (χ2v) is 4.91. The number of aryl methyl sites for hydroxylation is 1. The van der Waals surface area contributed by atoms with E-state index in [0.29, 0.717) is 0 Å². The minimum Gasteiger partial charge on any atom is -0.382 e. The molecule has 1 aliphatic rings. The fourth-order valence-corrected chi connectivity index (χ4v) is 2.60. The SMILES string of the molecule is CCCn1ccnc1C1(O)CCN(CC)CC1. The Morgan fingerprint density at radius 3 is 2.65 bits per heavy atom. The van der Waals surface area contributed by atoms with Gasteiger partial charge in [-0.25, -0.2) is 4.98 Å². The first-order valence-electron chi connectivity index (χ1n) is 6.66. The molecule has 0 atom stereocenters. The van der Waals surface area contributed by atoms with Crippen LogP contribution in [0.3, 0.4) is 0 Å². The minimum atomic E-state index is -0.718. The molecule has 0 amide bonds. The van der Waals surface area contributed by atoms with Crippen molar-refractivity contribution in [3.8, 4) is 0 Å². The summed E-state index contributed by atoms with van der Waals surface area (Å²) < 4.78 is 2.10. The molecule has 0 radical (unpaired) electrons. The third-order valence-corrected chi connectivity index (χ3v) is 3.73. The van der Waals surface area contributed by atoms with Crippen molar-refractivity contribution in [2.24, 2.45) is 0 Å². The maximum Gasteiger partial charge on any atom is 0.140 e. The predicted molar refractivity (Wildman–Crippen MR) is 67.8 cm³/mol. The fourth-order valence-electron chi connectivity index (χ4n) is 2.60. The Hall–Kier alpha value is -0.870. The molecule has 2 rings (SSSR count). The van der Waals surface area contributed by atoms with Gasteiger partial charge < -0.3 is 14.6 Å². The van der Waals surface area contributed by atoms with Crippen molar-refractivity contribution >= 4 is 0 Å². The first kappa shape index (κ1) is 12.6. The standard InChI is InChI=1S/C13H23N3O/c1-3-8-16-11-7-14-12(16)13(17)5-9-15(4-2)10-6-13/h7,11,17H,3-6,8-10H2,1-2H3. The number of rotatable bonds is 4. The van der Waals surface area contributed by atoms with Crippen molar-refractivity contribution < 1.29 is 5.11 Å². The molecule has 2 heterocycles. The molecule has 1 saturated heterocycles. The van der Waals surface area contributed by atoms with Gasteiger partial charge in [0.2, 0.25) is 0 Å². The number of piperidine rings is 1. The number of nitrogens with zero attached hydrogens (tertiary/aromatic N) is 3. The third-order valence-electron chi connectivity index (χ3n) is 3.73. The molecule has 4 heteroatoms. The molecule has 1 N–H and O–H groups in total. The Morgan fingerprint density at radius 1 is 1.35 bits per heavy atom. The quantitative estimate of drug-likeness (QED) is 0.864. The summed E-state index contributed by atoms with van der Waals surface area (Å²) in [5.41, 5.74) is -0.718. The van der Waals surface area contributed by atoms with Crippen LogP contribution in [0.15, 0.2) is 12.4 Å². The lowest BCUT2D eigenvalue weighted by molar-refractivity contribution is -0.0344. The van der Waals surface area contributed by atoms with Gasteiger partial charge in [0.05, 0.1) is 0 Å². The topological polar surface area (TPSA) is 41.3 Å². The Labute approximate surface area is 103 Å². The minimum absolute atomic E-state index is 0.718. The van der Waals surface area contributed by atoms with Crippen molar-refractivity contribution in [2.45, 2.75) is 45.3 Å². The summed E-state index contributed by atoms with van der Waals surface area (Å²) in [5, 5.41) is 10.7. The largest absolute Gasteiger partial charge is 0.382 e. The van der Waals surface area contributed by atoms with Gasteiger partial charge in [-0.3, -0.25) is 0 Å². The number of hydrogen-bond acceptors (Lipinski definition) is 3. The van der Waals surface area contributed by atoms with Gasteiger partial charge in [-0.15, -0.1) is 0 Å². The summed E-state index contributed by atoms with van der Waals surface area (Å²) in [4.78, 5) is 6.75. The van der Waals surface area contributed by atoms with E-state index >= 15 is 0 Å². The second-order valence-electron chi connectivity index (χ2n) is 4.91. The summed E-state index contributed by atoms with van der Waals surface area (Å²) in [6.45, 7) is 8.25. The number of aliphatic hydroxyl groups is 1. The predicted octanol–water partition coefficient (Wildman–Crippen LogP) is 1.60. The van der Waals surface area contributed by atoms with Crippen LogP contribution in [0.2, 0.25) is 0 Å². The number of aromatic nitrogens is 2. The van der Waals surface area contributed by atoms with E-state index in [4.69, 9.17) is 0 Å². The molecule has 1 aromatic rings. The molecule has 4 nitrogen and oxygen atoms in total. The molecule has 0 bridgehead atoms. The highest BCUT2D eigenvalue weighted by atomic mass is 16.3. The highest BCUT2D eigenvalue weighted by Gasteiger charge is 2.36. The van der Waals surface area contributed by atoms with Crippen molar-refractivity contribution in [3.05, 3.63) is 18.2 Å². The summed E-state index contributed by atoms with van der Waals surface area (Å²) in [6, 6.07) is 0. The van der Waals surface area contributed by atoms with E-state index in [1.54, 1.807) is 6.20 Å². The van der Waals surface area contributed by atoms with Crippen LogP contribution in [-0.2, 0) is 12.1 Å². The molecular weight excluding hydrogens is 214 g/mol. The highest BCUT2D eigenvalue weighted by Crippen LogP contribution is 2.31. The van der Waals surface area contributed by atoms with Crippen LogP contribution in [0.4, 0.5) is 0 Å². The molecule has 1 aromatic heterocycles. The van der Waals surface area contributed by atoms with Crippen LogP contribution >= 0.6 is 0 Å². The van der Waals surface area contributed by atoms with Crippen LogP contribution in [0.5, 0.6) is 0 Å². The highest BCUT2D eigenvalue weighted by molar-refractivity contribution is 5.07. The van der Waals surface area contributed by atoms with Crippen molar-refractivity contribution in [1.29, 1.82) is 0 Å². The Balaban J connectivity index is 2.12. The van der Waals surface area contributed by atoms with Crippen molar-refractivity contribution in [3.63, 3.8) is 0 Å². The van der Waals surface area contributed by atoms with Gasteiger partial charge in [-0.2, -0.15) is 0 Å². The van der Waals surface area contributed by atoms with Crippen LogP contribution in [0, 0.1) is 0 Å². The average molecular weight is 237 g/mol. The second kappa shape index (κ2) is 5.19. The maximum atomic E-state index is 10.7. The van der Waals surface area contributed by atoms with E-state index < -0.39 is 5.60 Å². The van der Waals surface area contributed by atoms with Gasteiger partial charge in [-0.1, -0.05) is 13.8 Å². The van der Waals surface area contributed by atoms with Gasteiger partial charge >= 0.3 is 0 Å². The number of hydrogen-bond donors (Lipinski definition) is 1. The molecular formula is C13H23N3O. The monoisotopic (exact) mass is 237 g/mol. The zero-order valence-corrected chi connectivity index (χ0v) is 10.9. The first-order chi connectivity index (χ1) is 8.19. The molecule has 0 saturated carbocycles. The molecule has 0 unspecified atom stereocenters. The summed E-state index contributed by atoms with van der Waals surface area (Å²) in [7, 11) is 0. The molecule has 0 spiro atoms. The van der Waals surface area contributed by atoms with Gasteiger partial charge in [0.1, 0.15) is 11.4 Å². The normalized spacial score (nSPS) is 20.6. The lowest BCUT2D eigenvalue weighted by Crippen LogP contribution is -2.43. The number of imidazole rings is 1. The number of likely N-dealkylation sites (tertiary alicyclic amines) is 1. The van der Waals surface area contributed by atoms with Crippen molar-refractivity contribution in [2.75, 3.05) is 19.6 Å². The zero-order valence-electron chi connectivity index (χ0n) is 10.9. The van der Waals surface area contributed by atoms with Gasteiger partial charge in [-0.05, 0) is 25.8 Å². The van der Waals surface area contributed by atoms with Gasteiger partial charge in [0, 0.05) is 32.0 Å². The van der Waals surface area contributed by atoms with Crippen molar-refractivity contribution in [1.82, 2.24) is 14.5 Å². The molecule has 96 valence electrons. The lowest BCUT2D eigenvalue weighted by Gasteiger charge is -2.37. The van der Waals surface area contributed by atoms with Crippen LogP contribution in [0.25, 0.3) is 0 Å². The van der Waals surface area contributed by atoms with Crippen LogP contribution in [-0.4, -0.2) is 39.2 Å². The smallest absolute Gasteiger partial charge is 0.140 e. The average Bonchev–Trinajstić information content (AvgIpc) is 2.80. The summed E-state index contributed by atoms with van der Waals surface area (Å²) in [5.74, 6) is 0.857. The van der Waals surface area contributed by atoms with Gasteiger partial charge in [0.25, 0.3) is 0 Å². The van der Waals surface area contributed by atoms with E-state index in [0.717, 1.165) is 51.3 Å². The van der Waals surface area contributed by atoms with Crippen LogP contribution < -0.4 is 0 Å². The summed E-state index contributed by atoms with van der Waals surface area (Å²) >= 11 is 0. The molecule has 1 aliphatic heterocycles. The van der Waals surface area contributed by atoms with E-state index in [2.05, 4.69) is 28.3 Å². The molecule has 0 aliphatic carbocycles. The first-order valence-corrected chi connectivity index (χ1v) is 6.66. The van der Waals surface area contributed by atoms with E-state index in [1.807, 2.05) is 6.20 Å². The lowest BCUT2D eigenvalue weighted by atomic mass is 9.90. The summed E-state index contributed by atoms with van der Waals surface area (Å²) in [6.07, 6.45) is 6.43. The van der Waals surface area contributed by atoms with E-state index in [1.165, 1.54) is 0 Å². The molecule has 0 aromatic carbocycles. The third kappa shape index (κ3) is 2.53. The van der Waals surface area contributed by atoms with Gasteiger partial charge in [0.15, 0.2) is 0 Å². The zero-order chi connectivity index (χ0) is 12.3. The Kier molecular flexibility index (Phi) is 3.84. The molecule has 17 heavy (non-hydrogen) atoms. The fraction of sp³-hybridized carbons (Fsp3) is 0.769. The van der Waals surface area contributed by atoms with E-state index in [-0.39, 0.29) is 0 Å². The Morgan fingerprint density at radius 2 is 2.06 bits per heavy atom. The Bertz CT molecular complexity index is 353. The van der Waals surface area contributed by atoms with E-state index in [9.17, 15) is 5.11 Å². The maximum absolute atomic E-state index is 10.7.